The van der Waals surface area contributed by atoms with Crippen molar-refractivity contribution < 1.29 is 4.74 Å². The molecule has 1 aliphatic heterocycles. The Balaban J connectivity index is 0.000000385. The summed E-state index contributed by atoms with van der Waals surface area (Å²) < 4.78 is 5.67. The summed E-state index contributed by atoms with van der Waals surface area (Å²) in [6.07, 6.45) is 1.31. The van der Waals surface area contributed by atoms with Gasteiger partial charge in [0.15, 0.2) is 0 Å². The zero-order valence-electron chi connectivity index (χ0n) is 12.0. The minimum absolute atomic E-state index is 0.0156. The molecule has 0 bridgehead atoms. The summed E-state index contributed by atoms with van der Waals surface area (Å²) in [6, 6.07) is 0. The van der Waals surface area contributed by atoms with Crippen molar-refractivity contribution in [3.8, 4) is 0 Å². The van der Waals surface area contributed by atoms with Gasteiger partial charge in [0.05, 0.1) is 12.2 Å². The third-order valence-electron chi connectivity index (χ3n) is 2.90. The second-order valence-electron chi connectivity index (χ2n) is 5.37. The summed E-state index contributed by atoms with van der Waals surface area (Å²) in [4.78, 5) is 2.31. The monoisotopic (exact) mass is 230 g/mol. The Morgan fingerprint density at radius 2 is 2.00 bits per heavy atom. The number of morpholine rings is 1. The van der Waals surface area contributed by atoms with Gasteiger partial charge in [0.1, 0.15) is 0 Å². The molecule has 3 nitrogen and oxygen atoms in total. The van der Waals surface area contributed by atoms with Crippen molar-refractivity contribution in [2.24, 2.45) is 5.92 Å². The average molecular weight is 230 g/mol. The molecule has 0 aliphatic carbocycles. The lowest BCUT2D eigenvalue weighted by Gasteiger charge is -2.38. The normalized spacial score (nSPS) is 26.4. The molecule has 0 aromatic heterocycles. The standard InChI is InChI=1S/C8H18N2O.C5H12/c1-8(6-9-2)7-10(3)4-5-11-8;1-4-5(2)3/h9H,4-7H2,1-3H3;5H,4H2,1-3H3. The van der Waals surface area contributed by atoms with Gasteiger partial charge in [-0.2, -0.15) is 0 Å². The predicted molar refractivity (Wildman–Crippen MR) is 70.9 cm³/mol. The Kier molecular flexibility index (Phi) is 7.98. The summed E-state index contributed by atoms with van der Waals surface area (Å²) in [7, 11) is 4.10. The van der Waals surface area contributed by atoms with Gasteiger partial charge < -0.3 is 15.0 Å². The van der Waals surface area contributed by atoms with Crippen LogP contribution in [0.1, 0.15) is 34.1 Å². The van der Waals surface area contributed by atoms with Gasteiger partial charge >= 0.3 is 0 Å². The molecular formula is C13H30N2O. The Hall–Kier alpha value is -0.120. The molecular weight excluding hydrogens is 200 g/mol. The molecule has 0 aromatic rings. The molecule has 0 amide bonds. The van der Waals surface area contributed by atoms with Crippen molar-refractivity contribution in [3.63, 3.8) is 0 Å². The van der Waals surface area contributed by atoms with Crippen LogP contribution in [0, 0.1) is 5.92 Å². The molecule has 98 valence electrons. The Morgan fingerprint density at radius 1 is 1.44 bits per heavy atom. The van der Waals surface area contributed by atoms with Gasteiger partial charge in [-0.1, -0.05) is 27.2 Å². The Morgan fingerprint density at radius 3 is 2.38 bits per heavy atom. The number of hydrogen-bond donors (Lipinski definition) is 1. The van der Waals surface area contributed by atoms with Crippen LogP contribution in [-0.4, -0.2) is 50.8 Å². The minimum atomic E-state index is 0.0156. The SMILES string of the molecule is CCC(C)C.CNCC1(C)CN(C)CCO1. The molecule has 1 atom stereocenters. The van der Waals surface area contributed by atoms with Crippen LogP contribution >= 0.6 is 0 Å². The van der Waals surface area contributed by atoms with E-state index in [1.807, 2.05) is 7.05 Å². The van der Waals surface area contributed by atoms with Crippen molar-refractivity contribution in [2.75, 3.05) is 40.3 Å². The number of hydrogen-bond acceptors (Lipinski definition) is 3. The van der Waals surface area contributed by atoms with Crippen LogP contribution in [0.5, 0.6) is 0 Å². The van der Waals surface area contributed by atoms with E-state index in [0.29, 0.717) is 0 Å². The van der Waals surface area contributed by atoms with E-state index in [9.17, 15) is 0 Å². The first-order valence-electron chi connectivity index (χ1n) is 6.40. The van der Waals surface area contributed by atoms with Crippen molar-refractivity contribution in [1.82, 2.24) is 10.2 Å². The summed E-state index contributed by atoms with van der Waals surface area (Å²) in [5.74, 6) is 0.884. The largest absolute Gasteiger partial charge is 0.371 e. The summed E-state index contributed by atoms with van der Waals surface area (Å²) in [6.45, 7) is 12.7. The quantitative estimate of drug-likeness (QED) is 0.802. The summed E-state index contributed by atoms with van der Waals surface area (Å²) in [5, 5.41) is 3.15. The molecule has 1 fully saturated rings. The third-order valence-corrected chi connectivity index (χ3v) is 2.90. The number of nitrogens with zero attached hydrogens (tertiary/aromatic N) is 1. The van der Waals surface area contributed by atoms with E-state index in [0.717, 1.165) is 32.2 Å². The molecule has 0 spiro atoms. The third kappa shape index (κ3) is 7.20. The van der Waals surface area contributed by atoms with Crippen molar-refractivity contribution in [1.29, 1.82) is 0 Å². The lowest BCUT2D eigenvalue weighted by molar-refractivity contribution is -0.0882. The number of nitrogens with one attached hydrogen (secondary N) is 1. The van der Waals surface area contributed by atoms with Gasteiger partial charge in [-0.25, -0.2) is 0 Å². The van der Waals surface area contributed by atoms with Crippen LogP contribution < -0.4 is 5.32 Å². The maximum Gasteiger partial charge on any atom is 0.0904 e. The van der Waals surface area contributed by atoms with Crippen LogP contribution in [0.25, 0.3) is 0 Å². The second kappa shape index (κ2) is 8.04. The highest BCUT2D eigenvalue weighted by Gasteiger charge is 2.29. The summed E-state index contributed by atoms with van der Waals surface area (Å²) in [5.41, 5.74) is 0.0156. The molecule has 0 saturated carbocycles. The molecule has 1 heterocycles. The van der Waals surface area contributed by atoms with E-state index in [-0.39, 0.29) is 5.60 Å². The highest BCUT2D eigenvalue weighted by molar-refractivity contribution is 4.83. The van der Waals surface area contributed by atoms with Gasteiger partial charge in [0, 0.05) is 19.6 Å². The number of ether oxygens (including phenoxy) is 1. The second-order valence-corrected chi connectivity index (χ2v) is 5.37. The van der Waals surface area contributed by atoms with Crippen molar-refractivity contribution in [2.45, 2.75) is 39.7 Å². The van der Waals surface area contributed by atoms with Gasteiger partial charge in [-0.05, 0) is 26.9 Å². The first-order valence-corrected chi connectivity index (χ1v) is 6.40. The molecule has 16 heavy (non-hydrogen) atoms. The number of likely N-dealkylation sites (N-methyl/N-ethyl adjacent to an activating group) is 2. The van der Waals surface area contributed by atoms with Gasteiger partial charge in [-0.3, -0.25) is 0 Å². The van der Waals surface area contributed by atoms with Gasteiger partial charge in [0.2, 0.25) is 0 Å². The highest BCUT2D eigenvalue weighted by Crippen LogP contribution is 2.14. The molecule has 1 aliphatic rings. The van der Waals surface area contributed by atoms with E-state index in [4.69, 9.17) is 4.74 Å². The van der Waals surface area contributed by atoms with Gasteiger partial charge in [0.25, 0.3) is 0 Å². The lowest BCUT2D eigenvalue weighted by Crippen LogP contribution is -2.53. The van der Waals surface area contributed by atoms with Crippen molar-refractivity contribution in [3.05, 3.63) is 0 Å². The maximum absolute atomic E-state index is 5.67. The molecule has 3 heteroatoms. The smallest absolute Gasteiger partial charge is 0.0904 e. The minimum Gasteiger partial charge on any atom is -0.371 e. The number of rotatable bonds is 3. The van der Waals surface area contributed by atoms with Crippen molar-refractivity contribution >= 4 is 0 Å². The lowest BCUT2D eigenvalue weighted by atomic mass is 10.1. The fraction of sp³-hybridized carbons (Fsp3) is 1.00. The highest BCUT2D eigenvalue weighted by atomic mass is 16.5. The van der Waals surface area contributed by atoms with Gasteiger partial charge in [-0.15, -0.1) is 0 Å². The van der Waals surface area contributed by atoms with E-state index in [1.54, 1.807) is 0 Å². The van der Waals surface area contributed by atoms with E-state index >= 15 is 0 Å². The van der Waals surface area contributed by atoms with Crippen LogP contribution in [0.15, 0.2) is 0 Å². The van der Waals surface area contributed by atoms with Crippen LogP contribution in [0.4, 0.5) is 0 Å². The van der Waals surface area contributed by atoms with Crippen LogP contribution in [-0.2, 0) is 4.74 Å². The fourth-order valence-electron chi connectivity index (χ4n) is 1.62. The molecule has 1 unspecified atom stereocenters. The Labute approximate surface area is 102 Å². The van der Waals surface area contributed by atoms with Crippen LogP contribution in [0.3, 0.4) is 0 Å². The maximum atomic E-state index is 5.67. The first-order chi connectivity index (χ1) is 7.43. The topological polar surface area (TPSA) is 24.5 Å². The van der Waals surface area contributed by atoms with E-state index in [1.165, 1.54) is 6.42 Å². The Bertz CT molecular complexity index is 169. The molecule has 0 radical (unpaired) electrons. The average Bonchev–Trinajstić information content (AvgIpc) is 2.18. The fourth-order valence-corrected chi connectivity index (χ4v) is 1.62. The zero-order valence-corrected chi connectivity index (χ0v) is 12.0. The van der Waals surface area contributed by atoms with Crippen LogP contribution in [0.2, 0.25) is 0 Å². The molecule has 0 aromatic carbocycles. The predicted octanol–water partition coefficient (Wildman–Crippen LogP) is 1.98. The van der Waals surface area contributed by atoms with E-state index < -0.39 is 0 Å². The summed E-state index contributed by atoms with van der Waals surface area (Å²) >= 11 is 0. The zero-order chi connectivity index (χ0) is 12.6. The van der Waals surface area contributed by atoms with E-state index in [2.05, 4.69) is 45.0 Å². The molecule has 1 rings (SSSR count). The first kappa shape index (κ1) is 15.9. The molecule has 1 saturated heterocycles. The molecule has 1 N–H and O–H groups in total.